The lowest BCUT2D eigenvalue weighted by Crippen LogP contribution is -2.18. The highest BCUT2D eigenvalue weighted by Gasteiger charge is 2.18. The maximum atomic E-state index is 13.8. The zero-order valence-corrected chi connectivity index (χ0v) is 17.2. The first-order valence-electron chi connectivity index (χ1n) is 9.69. The van der Waals surface area contributed by atoms with Crippen LogP contribution in [0.4, 0.5) is 10.1 Å². The van der Waals surface area contributed by atoms with Crippen molar-refractivity contribution in [3.63, 3.8) is 0 Å². The summed E-state index contributed by atoms with van der Waals surface area (Å²) in [5, 5.41) is 14.9. The number of para-hydroxylation sites is 1. The van der Waals surface area contributed by atoms with Gasteiger partial charge in [-0.2, -0.15) is 5.10 Å². The quantitative estimate of drug-likeness (QED) is 0.302. The first-order valence-corrected chi connectivity index (χ1v) is 9.69. The number of hydrogen-bond donors (Lipinski definition) is 1. The van der Waals surface area contributed by atoms with Crippen LogP contribution in [0.5, 0.6) is 11.5 Å². The van der Waals surface area contributed by atoms with Crippen LogP contribution in [0.15, 0.2) is 71.8 Å². The van der Waals surface area contributed by atoms with Crippen LogP contribution >= 0.6 is 0 Å². The predicted octanol–water partition coefficient (Wildman–Crippen LogP) is 4.48. The van der Waals surface area contributed by atoms with Crippen molar-refractivity contribution in [3.8, 4) is 11.5 Å². The van der Waals surface area contributed by atoms with E-state index in [0.717, 1.165) is 0 Å². The van der Waals surface area contributed by atoms with E-state index in [-0.39, 0.29) is 23.7 Å². The summed E-state index contributed by atoms with van der Waals surface area (Å²) in [6.07, 6.45) is 1.37. The Morgan fingerprint density at radius 2 is 1.84 bits per heavy atom. The number of nitrogens with zero attached hydrogens (tertiary/aromatic N) is 2. The van der Waals surface area contributed by atoms with Gasteiger partial charge in [-0.1, -0.05) is 30.3 Å². The van der Waals surface area contributed by atoms with Gasteiger partial charge in [0.15, 0.2) is 11.5 Å². The molecule has 0 heterocycles. The number of amides is 1. The van der Waals surface area contributed by atoms with Gasteiger partial charge in [0.2, 0.25) is 0 Å². The largest absolute Gasteiger partial charge is 0.490 e. The van der Waals surface area contributed by atoms with E-state index in [4.69, 9.17) is 9.47 Å². The molecule has 0 saturated heterocycles. The third kappa shape index (κ3) is 5.66. The fourth-order valence-electron chi connectivity index (χ4n) is 2.81. The molecule has 0 atom stereocenters. The van der Waals surface area contributed by atoms with E-state index < -0.39 is 10.8 Å². The lowest BCUT2D eigenvalue weighted by Gasteiger charge is -2.13. The second-order valence-corrected chi connectivity index (χ2v) is 6.49. The molecule has 0 unspecified atom stereocenters. The van der Waals surface area contributed by atoms with Gasteiger partial charge < -0.3 is 9.47 Å². The predicted molar refractivity (Wildman–Crippen MR) is 116 cm³/mol. The summed E-state index contributed by atoms with van der Waals surface area (Å²) < 4.78 is 25.1. The number of carbonyl (C=O) groups is 1. The molecular weight excluding hydrogens is 417 g/mol. The molecule has 0 aliphatic heterocycles. The molecule has 0 bridgehead atoms. The summed E-state index contributed by atoms with van der Waals surface area (Å²) in [7, 11) is 0. The van der Waals surface area contributed by atoms with Gasteiger partial charge in [0.25, 0.3) is 11.6 Å². The SMILES string of the molecule is CCOc1cc(C=NNC(=O)c2ccccc2[N+](=O)[O-])ccc1OCc1ccccc1F. The van der Waals surface area contributed by atoms with E-state index in [2.05, 4.69) is 10.5 Å². The van der Waals surface area contributed by atoms with E-state index in [0.29, 0.717) is 29.2 Å². The van der Waals surface area contributed by atoms with Crippen molar-refractivity contribution in [2.75, 3.05) is 6.61 Å². The molecular formula is C23H20FN3O5. The normalized spacial score (nSPS) is 10.7. The number of ether oxygens (including phenoxy) is 2. The maximum Gasteiger partial charge on any atom is 0.282 e. The Bertz CT molecular complexity index is 1150. The van der Waals surface area contributed by atoms with E-state index >= 15 is 0 Å². The van der Waals surface area contributed by atoms with Gasteiger partial charge in [-0.25, -0.2) is 9.82 Å². The third-order valence-corrected chi connectivity index (χ3v) is 4.33. The molecule has 3 aromatic rings. The molecule has 32 heavy (non-hydrogen) atoms. The summed E-state index contributed by atoms with van der Waals surface area (Å²) in [5.74, 6) is -0.207. The number of nitrogens with one attached hydrogen (secondary N) is 1. The number of rotatable bonds is 9. The lowest BCUT2D eigenvalue weighted by atomic mass is 10.2. The van der Waals surface area contributed by atoms with Crippen LogP contribution in [0.3, 0.4) is 0 Å². The highest BCUT2D eigenvalue weighted by Crippen LogP contribution is 2.29. The highest BCUT2D eigenvalue weighted by atomic mass is 19.1. The minimum atomic E-state index is -0.705. The van der Waals surface area contributed by atoms with Crippen molar-refractivity contribution < 1.29 is 23.6 Å². The Balaban J connectivity index is 1.70. The topological polar surface area (TPSA) is 103 Å². The Hall–Kier alpha value is -4.27. The second-order valence-electron chi connectivity index (χ2n) is 6.49. The number of hydrogen-bond acceptors (Lipinski definition) is 6. The molecule has 1 N–H and O–H groups in total. The first kappa shape index (κ1) is 22.4. The van der Waals surface area contributed by atoms with Gasteiger partial charge in [-0.15, -0.1) is 0 Å². The van der Waals surface area contributed by atoms with E-state index in [1.54, 1.807) is 36.4 Å². The number of carbonyl (C=O) groups excluding carboxylic acids is 1. The standard InChI is InChI=1S/C23H20FN3O5/c1-2-31-22-13-16(11-12-21(22)32-15-17-7-3-5-9-19(17)24)14-25-26-23(28)18-8-4-6-10-20(18)27(29)30/h3-14H,2,15H2,1H3,(H,26,28). The van der Waals surface area contributed by atoms with Gasteiger partial charge in [-0.05, 0) is 42.8 Å². The monoisotopic (exact) mass is 437 g/mol. The summed E-state index contributed by atoms with van der Waals surface area (Å²) in [6, 6.07) is 16.9. The molecule has 9 heteroatoms. The Morgan fingerprint density at radius 1 is 1.09 bits per heavy atom. The molecule has 0 aromatic heterocycles. The van der Waals surface area contributed by atoms with Crippen molar-refractivity contribution in [1.82, 2.24) is 5.43 Å². The van der Waals surface area contributed by atoms with Crippen LogP contribution in [0.2, 0.25) is 0 Å². The van der Waals surface area contributed by atoms with Gasteiger partial charge in [0.1, 0.15) is 18.0 Å². The molecule has 0 aliphatic rings. The summed E-state index contributed by atoms with van der Waals surface area (Å²) in [6.45, 7) is 2.23. The van der Waals surface area contributed by atoms with Crippen LogP contribution < -0.4 is 14.9 Å². The van der Waals surface area contributed by atoms with Gasteiger partial charge in [0.05, 0.1) is 17.7 Å². The number of halogens is 1. The van der Waals surface area contributed by atoms with Crippen LogP contribution in [-0.4, -0.2) is 23.7 Å². The number of benzene rings is 3. The molecule has 164 valence electrons. The Labute approximate surface area is 183 Å². The molecule has 0 radical (unpaired) electrons. The first-order chi connectivity index (χ1) is 15.5. The van der Waals surface area contributed by atoms with Gasteiger partial charge in [-0.3, -0.25) is 14.9 Å². The minimum Gasteiger partial charge on any atom is -0.490 e. The summed E-state index contributed by atoms with van der Waals surface area (Å²) in [4.78, 5) is 22.7. The second kappa shape index (κ2) is 10.7. The summed E-state index contributed by atoms with van der Waals surface area (Å²) in [5.41, 5.74) is 2.88. The molecule has 0 spiro atoms. The van der Waals surface area contributed by atoms with Crippen LogP contribution in [-0.2, 0) is 6.61 Å². The average molecular weight is 437 g/mol. The molecule has 8 nitrogen and oxygen atoms in total. The van der Waals surface area contributed by atoms with Gasteiger partial charge in [0, 0.05) is 11.6 Å². The Kier molecular flexibility index (Phi) is 7.47. The zero-order valence-electron chi connectivity index (χ0n) is 17.2. The zero-order chi connectivity index (χ0) is 22.9. The highest BCUT2D eigenvalue weighted by molar-refractivity contribution is 5.98. The van der Waals surface area contributed by atoms with Crippen LogP contribution in [0.25, 0.3) is 0 Å². The van der Waals surface area contributed by atoms with Crippen molar-refractivity contribution >= 4 is 17.8 Å². The average Bonchev–Trinajstić information content (AvgIpc) is 2.79. The Morgan fingerprint density at radius 3 is 2.59 bits per heavy atom. The van der Waals surface area contributed by atoms with Gasteiger partial charge >= 0.3 is 0 Å². The van der Waals surface area contributed by atoms with Crippen molar-refractivity contribution in [2.45, 2.75) is 13.5 Å². The van der Waals surface area contributed by atoms with E-state index in [1.807, 2.05) is 6.92 Å². The molecule has 3 rings (SSSR count). The van der Waals surface area contributed by atoms with Crippen molar-refractivity contribution in [2.24, 2.45) is 5.10 Å². The fraction of sp³-hybridized carbons (Fsp3) is 0.130. The number of nitro groups is 1. The smallest absolute Gasteiger partial charge is 0.282 e. The van der Waals surface area contributed by atoms with Crippen molar-refractivity contribution in [1.29, 1.82) is 0 Å². The molecule has 0 aliphatic carbocycles. The molecule has 1 amide bonds. The number of nitro benzene ring substituents is 1. The van der Waals surface area contributed by atoms with Crippen LogP contribution in [0.1, 0.15) is 28.4 Å². The minimum absolute atomic E-state index is 0.0338. The van der Waals surface area contributed by atoms with Crippen molar-refractivity contribution in [3.05, 3.63) is 99.4 Å². The molecule has 0 saturated carbocycles. The summed E-state index contributed by atoms with van der Waals surface area (Å²) >= 11 is 0. The van der Waals surface area contributed by atoms with E-state index in [1.165, 1.54) is 36.5 Å². The maximum absolute atomic E-state index is 13.8. The molecule has 0 fully saturated rings. The number of hydrazone groups is 1. The lowest BCUT2D eigenvalue weighted by molar-refractivity contribution is -0.385. The molecule has 3 aromatic carbocycles. The van der Waals surface area contributed by atoms with Crippen LogP contribution in [0, 0.1) is 15.9 Å². The third-order valence-electron chi connectivity index (χ3n) is 4.33. The van der Waals surface area contributed by atoms with E-state index in [9.17, 15) is 19.3 Å². The fourth-order valence-corrected chi connectivity index (χ4v) is 2.81.